The van der Waals surface area contributed by atoms with E-state index in [0.717, 1.165) is 89.9 Å². The summed E-state index contributed by atoms with van der Waals surface area (Å²) in [6, 6.07) is 0. The molecule has 0 aliphatic carbocycles. The molecule has 0 unspecified atom stereocenters. The molecule has 0 aromatic heterocycles. The van der Waals surface area contributed by atoms with E-state index in [0.29, 0.717) is 19.3 Å². The second-order valence-corrected chi connectivity index (χ2v) is 19.2. The minimum Gasteiger partial charge on any atom is -0.462 e. The molecule has 0 bridgehead atoms. The molecule has 0 fully saturated rings. The summed E-state index contributed by atoms with van der Waals surface area (Å²) in [6.45, 7) is 6.47. The Morgan fingerprint density at radius 1 is 0.304 bits per heavy atom. The van der Waals surface area contributed by atoms with Crippen LogP contribution in [0.2, 0.25) is 0 Å². The lowest BCUT2D eigenvalue weighted by molar-refractivity contribution is -0.167. The molecule has 0 amide bonds. The summed E-state index contributed by atoms with van der Waals surface area (Å²) in [6.07, 6.45) is 74.3. The first-order valence-corrected chi connectivity index (χ1v) is 29.1. The Kier molecular flexibility index (Phi) is 54.3. The number of ether oxygens (including phenoxy) is 3. The Labute approximate surface area is 426 Å². The van der Waals surface area contributed by atoms with E-state index < -0.39 is 6.10 Å². The molecule has 0 aliphatic rings. The molecule has 6 heteroatoms. The van der Waals surface area contributed by atoms with Gasteiger partial charge in [-0.25, -0.2) is 0 Å². The number of hydrogen-bond donors (Lipinski definition) is 0. The van der Waals surface area contributed by atoms with Gasteiger partial charge in [0.15, 0.2) is 6.10 Å². The van der Waals surface area contributed by atoms with Gasteiger partial charge in [-0.1, -0.05) is 228 Å². The summed E-state index contributed by atoms with van der Waals surface area (Å²) in [4.78, 5) is 38.2. The predicted molar refractivity (Wildman–Crippen MR) is 297 cm³/mol. The molecule has 0 rings (SSSR count). The number of rotatable bonds is 52. The van der Waals surface area contributed by atoms with Crippen molar-refractivity contribution in [3.8, 4) is 0 Å². The first-order valence-electron chi connectivity index (χ1n) is 29.1. The topological polar surface area (TPSA) is 78.9 Å². The van der Waals surface area contributed by atoms with E-state index in [4.69, 9.17) is 14.2 Å². The summed E-state index contributed by atoms with van der Waals surface area (Å²) in [5.74, 6) is -0.939. The lowest BCUT2D eigenvalue weighted by atomic mass is 10.1. The molecule has 0 N–H and O–H groups in total. The van der Waals surface area contributed by atoms with Gasteiger partial charge in [-0.05, 0) is 116 Å². The highest BCUT2D eigenvalue weighted by Gasteiger charge is 2.19. The zero-order valence-corrected chi connectivity index (χ0v) is 45.3. The molecule has 6 nitrogen and oxygen atoms in total. The van der Waals surface area contributed by atoms with Crippen LogP contribution in [0.3, 0.4) is 0 Å². The van der Waals surface area contributed by atoms with E-state index >= 15 is 0 Å². The van der Waals surface area contributed by atoms with Crippen molar-refractivity contribution in [2.45, 2.75) is 284 Å². The highest BCUT2D eigenvalue weighted by molar-refractivity contribution is 5.71. The van der Waals surface area contributed by atoms with Crippen molar-refractivity contribution in [3.05, 3.63) is 85.1 Å². The van der Waals surface area contributed by atoms with Gasteiger partial charge in [-0.3, -0.25) is 14.4 Å². The Morgan fingerprint density at radius 3 is 0.957 bits per heavy atom. The van der Waals surface area contributed by atoms with Crippen molar-refractivity contribution in [1.82, 2.24) is 0 Å². The standard InChI is InChI=1S/C63H108O6/c1-4-7-10-13-16-19-22-25-28-30-31-33-36-39-42-45-48-51-54-57-63(66)69-60(58-67-61(64)55-52-49-46-43-40-37-34-27-24-21-18-15-12-9-6-3)59-68-62(65)56-53-50-47-44-41-38-35-32-29-26-23-20-17-14-11-8-5-2/h9,12,16,18-19,21,25-29,34,40,43,60H,4-8,10-11,13-15,17,20,22-24,30-33,35-39,41-42,44-59H2,1-3H3/b12-9-,19-16-,21-18-,28-25-,29-26-,34-27-,43-40-/t60-/m1/s1. The molecule has 396 valence electrons. The number of unbranched alkanes of at least 4 members (excludes halogenated alkanes) is 27. The van der Waals surface area contributed by atoms with Crippen molar-refractivity contribution in [2.24, 2.45) is 0 Å². The quantitative estimate of drug-likeness (QED) is 0.0262. The van der Waals surface area contributed by atoms with Gasteiger partial charge >= 0.3 is 17.9 Å². The third-order valence-corrected chi connectivity index (χ3v) is 12.4. The van der Waals surface area contributed by atoms with Crippen LogP contribution in [-0.2, 0) is 28.6 Å². The number of allylic oxidation sites excluding steroid dienone is 14. The molecule has 1 atom stereocenters. The minimum absolute atomic E-state index is 0.0933. The molecule has 0 aromatic rings. The first-order chi connectivity index (χ1) is 34.0. The molecule has 0 aliphatic heterocycles. The van der Waals surface area contributed by atoms with Crippen LogP contribution in [0, 0.1) is 0 Å². The highest BCUT2D eigenvalue weighted by Crippen LogP contribution is 2.15. The van der Waals surface area contributed by atoms with Gasteiger partial charge in [0.05, 0.1) is 0 Å². The summed E-state index contributed by atoms with van der Waals surface area (Å²) in [5.41, 5.74) is 0. The van der Waals surface area contributed by atoms with E-state index in [1.54, 1.807) is 0 Å². The van der Waals surface area contributed by atoms with Gasteiger partial charge in [0.25, 0.3) is 0 Å². The number of carbonyl (C=O) groups excluding carboxylic acids is 3. The molecular weight excluding hydrogens is 853 g/mol. The van der Waals surface area contributed by atoms with Crippen molar-refractivity contribution in [3.63, 3.8) is 0 Å². The van der Waals surface area contributed by atoms with Gasteiger partial charge < -0.3 is 14.2 Å². The maximum Gasteiger partial charge on any atom is 0.306 e. The monoisotopic (exact) mass is 961 g/mol. The van der Waals surface area contributed by atoms with Crippen molar-refractivity contribution >= 4 is 17.9 Å². The summed E-state index contributed by atoms with van der Waals surface area (Å²) >= 11 is 0. The van der Waals surface area contributed by atoms with Crippen LogP contribution >= 0.6 is 0 Å². The van der Waals surface area contributed by atoms with Crippen LogP contribution in [0.15, 0.2) is 85.1 Å². The van der Waals surface area contributed by atoms with Gasteiger partial charge in [-0.2, -0.15) is 0 Å². The Bertz CT molecular complexity index is 1330. The van der Waals surface area contributed by atoms with Crippen LogP contribution in [0.25, 0.3) is 0 Å². The predicted octanol–water partition coefficient (Wildman–Crippen LogP) is 19.5. The van der Waals surface area contributed by atoms with E-state index in [9.17, 15) is 14.4 Å². The number of carbonyl (C=O) groups is 3. The SMILES string of the molecule is CC/C=C\C/C=C\C/C=C\C/C=C\CCCCC(=O)OC[C@H](COC(=O)CCCCCCCCC/C=C\CCCCCCCC)OC(=O)CCCCCCCCCCC/C=C\C/C=C\CCCCC. The van der Waals surface area contributed by atoms with E-state index in [-0.39, 0.29) is 31.1 Å². The summed E-state index contributed by atoms with van der Waals surface area (Å²) in [5, 5.41) is 0. The lowest BCUT2D eigenvalue weighted by Crippen LogP contribution is -2.30. The fourth-order valence-corrected chi connectivity index (χ4v) is 7.99. The fraction of sp³-hybridized carbons (Fsp3) is 0.730. The van der Waals surface area contributed by atoms with E-state index in [2.05, 4.69) is 106 Å². The van der Waals surface area contributed by atoms with Crippen LogP contribution in [-0.4, -0.2) is 37.2 Å². The van der Waals surface area contributed by atoms with Crippen LogP contribution in [0.5, 0.6) is 0 Å². The summed E-state index contributed by atoms with van der Waals surface area (Å²) in [7, 11) is 0. The average molecular weight is 962 g/mol. The smallest absolute Gasteiger partial charge is 0.306 e. The van der Waals surface area contributed by atoms with Gasteiger partial charge in [-0.15, -0.1) is 0 Å². The molecule has 0 saturated heterocycles. The molecule has 0 aromatic carbocycles. The molecule has 0 radical (unpaired) electrons. The molecular formula is C63H108O6. The number of hydrogen-bond acceptors (Lipinski definition) is 6. The van der Waals surface area contributed by atoms with Gasteiger partial charge in [0, 0.05) is 19.3 Å². The normalized spacial score (nSPS) is 12.7. The van der Waals surface area contributed by atoms with Crippen molar-refractivity contribution in [2.75, 3.05) is 13.2 Å². The number of esters is 3. The minimum atomic E-state index is -0.798. The van der Waals surface area contributed by atoms with E-state index in [1.807, 2.05) is 0 Å². The van der Waals surface area contributed by atoms with Gasteiger partial charge in [0.1, 0.15) is 13.2 Å². The third-order valence-electron chi connectivity index (χ3n) is 12.4. The fourth-order valence-electron chi connectivity index (χ4n) is 7.99. The van der Waals surface area contributed by atoms with Crippen molar-refractivity contribution in [1.29, 1.82) is 0 Å². The largest absolute Gasteiger partial charge is 0.462 e. The Hall–Kier alpha value is -3.41. The molecule has 0 saturated carbocycles. The lowest BCUT2D eigenvalue weighted by Gasteiger charge is -2.18. The average Bonchev–Trinajstić information content (AvgIpc) is 3.35. The Morgan fingerprint density at radius 2 is 0.565 bits per heavy atom. The zero-order valence-electron chi connectivity index (χ0n) is 45.3. The first kappa shape index (κ1) is 65.6. The third kappa shape index (κ3) is 55.4. The zero-order chi connectivity index (χ0) is 50.0. The highest BCUT2D eigenvalue weighted by atomic mass is 16.6. The van der Waals surface area contributed by atoms with Gasteiger partial charge in [0.2, 0.25) is 0 Å². The second-order valence-electron chi connectivity index (χ2n) is 19.2. The molecule has 0 spiro atoms. The maximum absolute atomic E-state index is 12.9. The van der Waals surface area contributed by atoms with Crippen LogP contribution < -0.4 is 0 Å². The van der Waals surface area contributed by atoms with E-state index in [1.165, 1.54) is 148 Å². The van der Waals surface area contributed by atoms with Crippen LogP contribution in [0.1, 0.15) is 278 Å². The van der Waals surface area contributed by atoms with Crippen molar-refractivity contribution < 1.29 is 28.6 Å². The Balaban J connectivity index is 4.44. The summed E-state index contributed by atoms with van der Waals surface area (Å²) < 4.78 is 16.8. The molecule has 0 heterocycles. The maximum atomic E-state index is 12.9. The second kappa shape index (κ2) is 57.2. The van der Waals surface area contributed by atoms with Crippen LogP contribution in [0.4, 0.5) is 0 Å². The molecule has 69 heavy (non-hydrogen) atoms.